The summed E-state index contributed by atoms with van der Waals surface area (Å²) in [5.41, 5.74) is 6.81. The maximum atomic E-state index is 13.7. The van der Waals surface area contributed by atoms with Gasteiger partial charge in [-0.2, -0.15) is 0 Å². The number of halogens is 1. The fourth-order valence-electron chi connectivity index (χ4n) is 2.82. The lowest BCUT2D eigenvalue weighted by molar-refractivity contribution is 0.0646. The summed E-state index contributed by atoms with van der Waals surface area (Å²) in [6, 6.07) is 3.07. The van der Waals surface area contributed by atoms with Crippen LogP contribution in [0.5, 0.6) is 0 Å². The first-order chi connectivity index (χ1) is 9.93. The van der Waals surface area contributed by atoms with Gasteiger partial charge in [-0.1, -0.05) is 6.92 Å². The van der Waals surface area contributed by atoms with Crippen molar-refractivity contribution in [2.24, 2.45) is 0 Å². The number of nitrogen functional groups attached to an aromatic ring is 1. The van der Waals surface area contributed by atoms with Gasteiger partial charge < -0.3 is 15.5 Å². The van der Waals surface area contributed by atoms with Gasteiger partial charge in [-0.25, -0.2) is 4.39 Å². The molecule has 1 aromatic rings. The van der Waals surface area contributed by atoms with E-state index >= 15 is 0 Å². The number of piperidine rings is 1. The Balaban J connectivity index is 2.09. The van der Waals surface area contributed by atoms with E-state index in [9.17, 15) is 9.18 Å². The minimum absolute atomic E-state index is 0.157. The Morgan fingerprint density at radius 3 is 2.57 bits per heavy atom. The zero-order valence-corrected chi connectivity index (χ0v) is 13.0. The van der Waals surface area contributed by atoms with Crippen molar-refractivity contribution in [2.75, 3.05) is 32.4 Å². The summed E-state index contributed by atoms with van der Waals surface area (Å²) in [5.74, 6) is -0.580. The number of likely N-dealkylation sites (tertiary alicyclic amines) is 1. The van der Waals surface area contributed by atoms with E-state index in [1.807, 2.05) is 0 Å². The molecule has 0 radical (unpaired) electrons. The van der Waals surface area contributed by atoms with Crippen LogP contribution >= 0.6 is 0 Å². The van der Waals surface area contributed by atoms with Gasteiger partial charge in [-0.15, -0.1) is 0 Å². The molecule has 2 N–H and O–H groups in total. The Hall–Kier alpha value is -1.62. The second-order valence-corrected chi connectivity index (χ2v) is 5.75. The number of carbonyl (C=O) groups excluding carboxylic acids is 1. The highest BCUT2D eigenvalue weighted by Crippen LogP contribution is 2.21. The van der Waals surface area contributed by atoms with E-state index in [2.05, 4.69) is 11.8 Å². The summed E-state index contributed by atoms with van der Waals surface area (Å²) in [6.07, 6.45) is 1.92. The molecule has 0 unspecified atom stereocenters. The van der Waals surface area contributed by atoms with Crippen LogP contribution in [0.4, 0.5) is 10.1 Å². The minimum Gasteiger partial charge on any atom is -0.398 e. The zero-order valence-electron chi connectivity index (χ0n) is 13.0. The maximum Gasteiger partial charge on any atom is 0.254 e. The third-order valence-electron chi connectivity index (χ3n) is 4.50. The Kier molecular flexibility index (Phi) is 4.83. The summed E-state index contributed by atoms with van der Waals surface area (Å²) in [7, 11) is 1.79. The van der Waals surface area contributed by atoms with Gasteiger partial charge >= 0.3 is 0 Å². The van der Waals surface area contributed by atoms with Crippen molar-refractivity contribution in [3.05, 3.63) is 29.1 Å². The van der Waals surface area contributed by atoms with Gasteiger partial charge in [0.25, 0.3) is 5.91 Å². The van der Waals surface area contributed by atoms with E-state index < -0.39 is 5.82 Å². The average molecular weight is 293 g/mol. The van der Waals surface area contributed by atoms with Gasteiger partial charge in [0.2, 0.25) is 0 Å². The van der Waals surface area contributed by atoms with E-state index in [4.69, 9.17) is 5.73 Å². The Morgan fingerprint density at radius 1 is 1.43 bits per heavy atom. The third-order valence-corrected chi connectivity index (χ3v) is 4.50. The highest BCUT2D eigenvalue weighted by atomic mass is 19.1. The monoisotopic (exact) mass is 293 g/mol. The fourth-order valence-corrected chi connectivity index (χ4v) is 2.82. The average Bonchev–Trinajstić information content (AvgIpc) is 2.50. The molecule has 1 heterocycles. The molecule has 116 valence electrons. The van der Waals surface area contributed by atoms with Crippen LogP contribution in [0.15, 0.2) is 12.1 Å². The van der Waals surface area contributed by atoms with E-state index in [0.717, 1.165) is 32.5 Å². The second-order valence-electron chi connectivity index (χ2n) is 5.75. The predicted octanol–water partition coefficient (Wildman–Crippen LogP) is 2.27. The summed E-state index contributed by atoms with van der Waals surface area (Å²) in [6.45, 7) is 6.81. The molecule has 0 aromatic heterocycles. The largest absolute Gasteiger partial charge is 0.398 e. The van der Waals surface area contributed by atoms with Gasteiger partial charge in [-0.05, 0) is 38.4 Å². The van der Waals surface area contributed by atoms with Crippen LogP contribution in [0.25, 0.3) is 0 Å². The number of rotatable bonds is 3. The van der Waals surface area contributed by atoms with Gasteiger partial charge in [0, 0.05) is 43.0 Å². The first-order valence-electron chi connectivity index (χ1n) is 7.49. The maximum absolute atomic E-state index is 13.7. The number of carbonyl (C=O) groups is 1. The lowest BCUT2D eigenvalue weighted by atomic mass is 10.0. The number of nitrogens with zero attached hydrogens (tertiary/aromatic N) is 2. The molecule has 1 amide bonds. The van der Waals surface area contributed by atoms with Crippen molar-refractivity contribution in [3.8, 4) is 0 Å². The van der Waals surface area contributed by atoms with Crippen LogP contribution in [-0.2, 0) is 0 Å². The second kappa shape index (κ2) is 6.43. The lowest BCUT2D eigenvalue weighted by Gasteiger charge is -2.36. The number of anilines is 1. The molecule has 0 bridgehead atoms. The normalized spacial score (nSPS) is 17.0. The summed E-state index contributed by atoms with van der Waals surface area (Å²) < 4.78 is 13.7. The molecule has 0 atom stereocenters. The lowest BCUT2D eigenvalue weighted by Crippen LogP contribution is -2.45. The van der Waals surface area contributed by atoms with Crippen LogP contribution in [0.1, 0.15) is 35.7 Å². The fraction of sp³-hybridized carbons (Fsp3) is 0.562. The Morgan fingerprint density at radius 2 is 2.05 bits per heavy atom. The van der Waals surface area contributed by atoms with Crippen molar-refractivity contribution in [1.82, 2.24) is 9.80 Å². The minimum atomic E-state index is -0.424. The van der Waals surface area contributed by atoms with E-state index in [0.29, 0.717) is 16.8 Å². The van der Waals surface area contributed by atoms with Crippen LogP contribution in [0.2, 0.25) is 0 Å². The Labute approximate surface area is 125 Å². The van der Waals surface area contributed by atoms with Crippen molar-refractivity contribution in [3.63, 3.8) is 0 Å². The molecule has 0 aliphatic carbocycles. The molecular weight excluding hydrogens is 269 g/mol. The molecule has 1 aromatic carbocycles. The molecule has 0 saturated carbocycles. The SMILES string of the molecule is CCN1CCC(N(C)C(=O)c2cc(N)c(C)c(F)c2)CC1. The standard InChI is InChI=1S/C16H24FN3O/c1-4-20-7-5-13(6-8-20)19(3)16(21)12-9-14(17)11(2)15(18)10-12/h9-10,13H,4-8,18H2,1-3H3. The quantitative estimate of drug-likeness (QED) is 0.870. The van der Waals surface area contributed by atoms with Crippen LogP contribution in [0.3, 0.4) is 0 Å². The van der Waals surface area contributed by atoms with Crippen molar-refractivity contribution in [2.45, 2.75) is 32.7 Å². The van der Waals surface area contributed by atoms with Crippen LogP contribution in [-0.4, -0.2) is 48.4 Å². The van der Waals surface area contributed by atoms with E-state index in [1.165, 1.54) is 6.07 Å². The molecule has 1 aliphatic heterocycles. The molecule has 1 saturated heterocycles. The van der Waals surface area contributed by atoms with E-state index in [1.54, 1.807) is 24.9 Å². The van der Waals surface area contributed by atoms with Crippen LogP contribution in [0, 0.1) is 12.7 Å². The summed E-state index contributed by atoms with van der Waals surface area (Å²) >= 11 is 0. The van der Waals surface area contributed by atoms with Gasteiger partial charge in [0.15, 0.2) is 0 Å². The Bertz CT molecular complexity index is 501. The molecular formula is C16H24FN3O. The molecule has 5 heteroatoms. The van der Waals surface area contributed by atoms with Gasteiger partial charge in [0.05, 0.1) is 0 Å². The van der Waals surface area contributed by atoms with Crippen molar-refractivity contribution >= 4 is 11.6 Å². The number of nitrogens with two attached hydrogens (primary N) is 1. The highest BCUT2D eigenvalue weighted by Gasteiger charge is 2.26. The summed E-state index contributed by atoms with van der Waals surface area (Å²) in [4.78, 5) is 16.6. The first-order valence-corrected chi connectivity index (χ1v) is 7.49. The smallest absolute Gasteiger partial charge is 0.254 e. The highest BCUT2D eigenvalue weighted by molar-refractivity contribution is 5.95. The predicted molar refractivity (Wildman–Crippen MR) is 82.8 cm³/mol. The summed E-state index contributed by atoms with van der Waals surface area (Å²) in [5, 5.41) is 0. The first kappa shape index (κ1) is 15.8. The molecule has 1 fully saturated rings. The third kappa shape index (κ3) is 3.35. The molecule has 1 aliphatic rings. The molecule has 21 heavy (non-hydrogen) atoms. The molecule has 2 rings (SSSR count). The number of hydrogen-bond acceptors (Lipinski definition) is 3. The topological polar surface area (TPSA) is 49.6 Å². The number of hydrogen-bond donors (Lipinski definition) is 1. The molecule has 4 nitrogen and oxygen atoms in total. The zero-order chi connectivity index (χ0) is 15.6. The van der Waals surface area contributed by atoms with Crippen LogP contribution < -0.4 is 5.73 Å². The molecule has 0 spiro atoms. The van der Waals surface area contributed by atoms with Crippen molar-refractivity contribution < 1.29 is 9.18 Å². The van der Waals surface area contributed by atoms with Gasteiger partial charge in [0.1, 0.15) is 5.82 Å². The number of benzene rings is 1. The van der Waals surface area contributed by atoms with E-state index in [-0.39, 0.29) is 11.9 Å². The van der Waals surface area contributed by atoms with Crippen molar-refractivity contribution in [1.29, 1.82) is 0 Å². The number of amides is 1. The van der Waals surface area contributed by atoms with Gasteiger partial charge in [-0.3, -0.25) is 4.79 Å².